The lowest BCUT2D eigenvalue weighted by Crippen LogP contribution is -2.29. The van der Waals surface area contributed by atoms with E-state index in [-0.39, 0.29) is 0 Å². The summed E-state index contributed by atoms with van der Waals surface area (Å²) in [5.74, 6) is 1.92. The van der Waals surface area contributed by atoms with Gasteiger partial charge in [-0.3, -0.25) is 4.79 Å². The Bertz CT molecular complexity index is 480. The van der Waals surface area contributed by atoms with Crippen molar-refractivity contribution in [2.24, 2.45) is 17.6 Å². The molecule has 2 saturated carbocycles. The molecular formula is C14H20N4O. The fourth-order valence-electron chi connectivity index (χ4n) is 2.33. The zero-order valence-electron chi connectivity index (χ0n) is 11.0. The summed E-state index contributed by atoms with van der Waals surface area (Å²) >= 11 is 0. The Morgan fingerprint density at radius 1 is 1.26 bits per heavy atom. The monoisotopic (exact) mass is 260 g/mol. The quantitative estimate of drug-likeness (QED) is 0.809. The third-order valence-corrected chi connectivity index (χ3v) is 3.86. The Morgan fingerprint density at radius 2 is 1.84 bits per heavy atom. The highest BCUT2D eigenvalue weighted by Gasteiger charge is 2.30. The third-order valence-electron chi connectivity index (χ3n) is 3.86. The molecule has 2 aliphatic carbocycles. The van der Waals surface area contributed by atoms with E-state index in [1.807, 2.05) is 0 Å². The molecule has 5 heteroatoms. The van der Waals surface area contributed by atoms with Crippen LogP contribution >= 0.6 is 0 Å². The van der Waals surface area contributed by atoms with E-state index in [1.54, 1.807) is 12.3 Å². The lowest BCUT2D eigenvalue weighted by molar-refractivity contribution is 0.100. The van der Waals surface area contributed by atoms with Gasteiger partial charge in [0, 0.05) is 13.1 Å². The number of rotatable bonds is 6. The molecule has 0 spiro atoms. The highest BCUT2D eigenvalue weighted by molar-refractivity contribution is 5.98. The molecule has 0 aliphatic heterocycles. The van der Waals surface area contributed by atoms with Gasteiger partial charge in [0.1, 0.15) is 5.82 Å². The molecule has 0 bridgehead atoms. The molecule has 1 aromatic heterocycles. The van der Waals surface area contributed by atoms with E-state index in [4.69, 9.17) is 11.5 Å². The first-order valence-electron chi connectivity index (χ1n) is 6.93. The van der Waals surface area contributed by atoms with Crippen LogP contribution in [0, 0.1) is 11.8 Å². The van der Waals surface area contributed by atoms with Crippen molar-refractivity contribution in [3.05, 3.63) is 17.8 Å². The molecule has 5 nitrogen and oxygen atoms in total. The summed E-state index contributed by atoms with van der Waals surface area (Å²) < 4.78 is 0. The maximum atomic E-state index is 11.4. The molecular weight excluding hydrogens is 240 g/mol. The average molecular weight is 260 g/mol. The molecule has 3 rings (SSSR count). The van der Waals surface area contributed by atoms with Crippen LogP contribution in [0.15, 0.2) is 12.3 Å². The number of carbonyl (C=O) groups is 1. The molecule has 0 saturated heterocycles. The fraction of sp³-hybridized carbons (Fsp3) is 0.571. The topological polar surface area (TPSA) is 85.2 Å². The number of hydrogen-bond donors (Lipinski definition) is 2. The van der Waals surface area contributed by atoms with E-state index in [1.165, 1.54) is 25.7 Å². The molecule has 0 aromatic carbocycles. The molecule has 0 radical (unpaired) electrons. The third kappa shape index (κ3) is 2.97. The van der Waals surface area contributed by atoms with Crippen LogP contribution in [0.25, 0.3) is 0 Å². The standard InChI is InChI=1S/C14H20N4O/c15-12-6-17-13(5-11(12)14(16)19)18(7-9-1-2-9)8-10-3-4-10/h5-6,9-10H,1-4,7-8,15H2,(H2,16,19). The number of nitrogens with two attached hydrogens (primary N) is 2. The van der Waals surface area contributed by atoms with Gasteiger partial charge in [-0.2, -0.15) is 0 Å². The second-order valence-electron chi connectivity index (χ2n) is 5.79. The van der Waals surface area contributed by atoms with Crippen LogP contribution in [0.2, 0.25) is 0 Å². The van der Waals surface area contributed by atoms with Gasteiger partial charge in [-0.25, -0.2) is 4.98 Å². The Morgan fingerprint density at radius 3 is 2.32 bits per heavy atom. The van der Waals surface area contributed by atoms with Crippen LogP contribution in [0.3, 0.4) is 0 Å². The number of nitrogen functional groups attached to an aromatic ring is 1. The maximum Gasteiger partial charge on any atom is 0.250 e. The average Bonchev–Trinajstić information content (AvgIpc) is 3.23. The van der Waals surface area contributed by atoms with Crippen LogP contribution in [0.5, 0.6) is 0 Å². The Balaban J connectivity index is 1.82. The van der Waals surface area contributed by atoms with Gasteiger partial charge < -0.3 is 16.4 Å². The minimum absolute atomic E-state index is 0.356. The van der Waals surface area contributed by atoms with E-state index in [0.29, 0.717) is 11.3 Å². The minimum atomic E-state index is -0.487. The van der Waals surface area contributed by atoms with Crippen molar-refractivity contribution in [2.45, 2.75) is 25.7 Å². The fourth-order valence-corrected chi connectivity index (χ4v) is 2.33. The molecule has 2 fully saturated rings. The molecule has 2 aliphatic rings. The maximum absolute atomic E-state index is 11.4. The van der Waals surface area contributed by atoms with Crippen molar-refractivity contribution in [3.8, 4) is 0 Å². The summed E-state index contributed by atoms with van der Waals surface area (Å²) in [5.41, 5.74) is 11.8. The lowest BCUT2D eigenvalue weighted by Gasteiger charge is -2.24. The minimum Gasteiger partial charge on any atom is -0.397 e. The van der Waals surface area contributed by atoms with Gasteiger partial charge in [-0.05, 0) is 43.6 Å². The summed E-state index contributed by atoms with van der Waals surface area (Å²) in [6.45, 7) is 2.07. The highest BCUT2D eigenvalue weighted by Crippen LogP contribution is 2.35. The Kier molecular flexibility index (Phi) is 3.05. The highest BCUT2D eigenvalue weighted by atomic mass is 16.1. The normalized spacial score (nSPS) is 18.3. The number of carbonyl (C=O) groups excluding carboxylic acids is 1. The van der Waals surface area contributed by atoms with Crippen LogP contribution in [0.1, 0.15) is 36.0 Å². The van der Waals surface area contributed by atoms with Crippen molar-refractivity contribution < 1.29 is 4.79 Å². The number of primary amides is 1. The Labute approximate surface area is 113 Å². The summed E-state index contributed by atoms with van der Waals surface area (Å²) in [5, 5.41) is 0. The van der Waals surface area contributed by atoms with Gasteiger partial charge in [-0.15, -0.1) is 0 Å². The van der Waals surface area contributed by atoms with Crippen LogP contribution < -0.4 is 16.4 Å². The number of anilines is 2. The second kappa shape index (κ2) is 4.72. The number of hydrogen-bond acceptors (Lipinski definition) is 4. The molecule has 102 valence electrons. The summed E-state index contributed by atoms with van der Waals surface area (Å²) in [6, 6.07) is 1.74. The summed E-state index contributed by atoms with van der Waals surface area (Å²) in [7, 11) is 0. The van der Waals surface area contributed by atoms with Gasteiger partial charge in [-0.1, -0.05) is 0 Å². The molecule has 19 heavy (non-hydrogen) atoms. The smallest absolute Gasteiger partial charge is 0.250 e. The molecule has 0 atom stereocenters. The number of amides is 1. The van der Waals surface area contributed by atoms with Crippen molar-refractivity contribution in [1.29, 1.82) is 0 Å². The Hall–Kier alpha value is -1.78. The van der Waals surface area contributed by atoms with E-state index in [0.717, 1.165) is 30.7 Å². The van der Waals surface area contributed by atoms with E-state index in [2.05, 4.69) is 9.88 Å². The van der Waals surface area contributed by atoms with Crippen molar-refractivity contribution in [3.63, 3.8) is 0 Å². The van der Waals surface area contributed by atoms with Gasteiger partial charge in [0.25, 0.3) is 5.91 Å². The number of pyridine rings is 1. The van der Waals surface area contributed by atoms with Gasteiger partial charge >= 0.3 is 0 Å². The molecule has 1 heterocycles. The summed E-state index contributed by atoms with van der Waals surface area (Å²) in [6.07, 6.45) is 6.76. The zero-order valence-corrected chi connectivity index (χ0v) is 11.0. The molecule has 1 amide bonds. The van der Waals surface area contributed by atoms with Gasteiger partial charge in [0.2, 0.25) is 0 Å². The second-order valence-corrected chi connectivity index (χ2v) is 5.79. The first-order valence-corrected chi connectivity index (χ1v) is 6.93. The first kappa shape index (κ1) is 12.3. The SMILES string of the molecule is NC(=O)c1cc(N(CC2CC2)CC2CC2)ncc1N. The molecule has 0 unspecified atom stereocenters. The molecule has 1 aromatic rings. The van der Waals surface area contributed by atoms with Gasteiger partial charge in [0.15, 0.2) is 0 Å². The van der Waals surface area contributed by atoms with Crippen molar-refractivity contribution in [1.82, 2.24) is 4.98 Å². The predicted molar refractivity (Wildman–Crippen MR) is 74.8 cm³/mol. The van der Waals surface area contributed by atoms with E-state index >= 15 is 0 Å². The van der Waals surface area contributed by atoms with Crippen LogP contribution in [-0.4, -0.2) is 24.0 Å². The predicted octanol–water partition coefficient (Wildman–Crippen LogP) is 1.39. The van der Waals surface area contributed by atoms with E-state index < -0.39 is 5.91 Å². The zero-order chi connectivity index (χ0) is 13.4. The molecule has 4 N–H and O–H groups in total. The first-order chi connectivity index (χ1) is 9.13. The van der Waals surface area contributed by atoms with Gasteiger partial charge in [0.05, 0.1) is 17.4 Å². The van der Waals surface area contributed by atoms with Crippen LogP contribution in [0.4, 0.5) is 11.5 Å². The number of nitrogens with zero attached hydrogens (tertiary/aromatic N) is 2. The summed E-state index contributed by atoms with van der Waals surface area (Å²) in [4.78, 5) is 18.0. The van der Waals surface area contributed by atoms with Crippen molar-refractivity contribution >= 4 is 17.4 Å². The largest absolute Gasteiger partial charge is 0.397 e. The van der Waals surface area contributed by atoms with E-state index in [9.17, 15) is 4.79 Å². The number of aromatic nitrogens is 1. The lowest BCUT2D eigenvalue weighted by atomic mass is 10.2. The van der Waals surface area contributed by atoms with Crippen LogP contribution in [-0.2, 0) is 0 Å². The van der Waals surface area contributed by atoms with Crippen molar-refractivity contribution in [2.75, 3.05) is 23.7 Å².